The Hall–Kier alpha value is -2.28. The van der Waals surface area contributed by atoms with Gasteiger partial charge in [-0.3, -0.25) is 9.69 Å². The van der Waals surface area contributed by atoms with Crippen molar-refractivity contribution in [2.24, 2.45) is 0 Å². The Kier molecular flexibility index (Phi) is 6.00. The van der Waals surface area contributed by atoms with Gasteiger partial charge in [-0.25, -0.2) is 4.98 Å². The van der Waals surface area contributed by atoms with E-state index < -0.39 is 0 Å². The standard InChI is InChI=1S/C22H25N3O2S/c1-17-6-4-7-18(16-17)21(26)25(11-5-10-24-12-14-27-15-13-24)22-23-19-8-2-3-9-20(19)28-22/h2-4,6-9,16H,5,10-15H2,1H3/p+1. The molecular formula is C22H26N3O2S+. The predicted molar refractivity (Wildman–Crippen MR) is 113 cm³/mol. The number of nitrogens with zero attached hydrogens (tertiary/aromatic N) is 2. The fourth-order valence-corrected chi connectivity index (χ4v) is 4.58. The molecule has 1 aliphatic rings. The maximum atomic E-state index is 13.3. The molecule has 0 atom stereocenters. The van der Waals surface area contributed by atoms with Gasteiger partial charge in [-0.05, 0) is 31.2 Å². The van der Waals surface area contributed by atoms with Crippen LogP contribution in [-0.2, 0) is 4.74 Å². The largest absolute Gasteiger partial charge is 0.370 e. The van der Waals surface area contributed by atoms with Crippen LogP contribution in [0.25, 0.3) is 10.2 Å². The minimum Gasteiger partial charge on any atom is -0.370 e. The summed E-state index contributed by atoms with van der Waals surface area (Å²) in [5.41, 5.74) is 2.76. The van der Waals surface area contributed by atoms with Crippen molar-refractivity contribution in [1.82, 2.24) is 4.98 Å². The third kappa shape index (κ3) is 4.41. The number of rotatable bonds is 6. The summed E-state index contributed by atoms with van der Waals surface area (Å²) in [6, 6.07) is 15.9. The van der Waals surface area contributed by atoms with Crippen LogP contribution in [0, 0.1) is 6.92 Å². The molecule has 0 radical (unpaired) electrons. The first kappa shape index (κ1) is 19.1. The highest BCUT2D eigenvalue weighted by Gasteiger charge is 2.22. The van der Waals surface area contributed by atoms with E-state index in [2.05, 4.69) is 6.07 Å². The fourth-order valence-electron chi connectivity index (χ4n) is 3.59. The number of quaternary nitrogens is 1. The van der Waals surface area contributed by atoms with Gasteiger partial charge in [-0.15, -0.1) is 0 Å². The minimum absolute atomic E-state index is 0.0275. The highest BCUT2D eigenvalue weighted by molar-refractivity contribution is 7.22. The maximum Gasteiger partial charge on any atom is 0.260 e. The van der Waals surface area contributed by atoms with Gasteiger partial charge in [-0.1, -0.05) is 41.2 Å². The summed E-state index contributed by atoms with van der Waals surface area (Å²) in [6.45, 7) is 7.50. The number of hydrogen-bond donors (Lipinski definition) is 1. The molecule has 1 fully saturated rings. The van der Waals surface area contributed by atoms with E-state index in [4.69, 9.17) is 9.72 Å². The molecule has 0 saturated carbocycles. The monoisotopic (exact) mass is 396 g/mol. The second-order valence-electron chi connectivity index (χ2n) is 7.26. The lowest BCUT2D eigenvalue weighted by atomic mass is 10.1. The lowest BCUT2D eigenvalue weighted by molar-refractivity contribution is -0.908. The molecule has 5 nitrogen and oxygen atoms in total. The van der Waals surface area contributed by atoms with Crippen LogP contribution in [0.3, 0.4) is 0 Å². The molecular weight excluding hydrogens is 370 g/mol. The van der Waals surface area contributed by atoms with Crippen molar-refractivity contribution >= 4 is 32.6 Å². The number of aromatic nitrogens is 1. The van der Waals surface area contributed by atoms with Gasteiger partial charge in [0.2, 0.25) is 0 Å². The van der Waals surface area contributed by atoms with Gasteiger partial charge >= 0.3 is 0 Å². The molecule has 6 heteroatoms. The number of anilines is 1. The molecule has 2 heterocycles. The van der Waals surface area contributed by atoms with Crippen molar-refractivity contribution in [1.29, 1.82) is 0 Å². The molecule has 0 spiro atoms. The lowest BCUT2D eigenvalue weighted by Crippen LogP contribution is -3.14. The summed E-state index contributed by atoms with van der Waals surface area (Å²) in [5, 5.41) is 0.782. The van der Waals surface area contributed by atoms with E-state index in [-0.39, 0.29) is 5.91 Å². The van der Waals surface area contributed by atoms with E-state index in [1.165, 1.54) is 0 Å². The number of carbonyl (C=O) groups is 1. The summed E-state index contributed by atoms with van der Waals surface area (Å²) < 4.78 is 6.55. The summed E-state index contributed by atoms with van der Waals surface area (Å²) in [5.74, 6) is 0.0275. The summed E-state index contributed by atoms with van der Waals surface area (Å²) in [7, 11) is 0. The molecule has 0 aliphatic carbocycles. The number of ether oxygens (including phenoxy) is 1. The number of aryl methyl sites for hydroxylation is 1. The maximum absolute atomic E-state index is 13.3. The zero-order valence-electron chi connectivity index (χ0n) is 16.2. The first-order valence-electron chi connectivity index (χ1n) is 9.86. The van der Waals surface area contributed by atoms with Crippen LogP contribution in [0.5, 0.6) is 0 Å². The normalized spacial score (nSPS) is 15.0. The molecule has 1 amide bonds. The number of fused-ring (bicyclic) bond motifs is 1. The van der Waals surface area contributed by atoms with Gasteiger partial charge in [0.1, 0.15) is 13.1 Å². The predicted octanol–water partition coefficient (Wildman–Crippen LogP) is 2.56. The Morgan fingerprint density at radius 3 is 2.79 bits per heavy atom. The van der Waals surface area contributed by atoms with Gasteiger partial charge in [0.25, 0.3) is 5.91 Å². The Bertz CT molecular complexity index is 917. The highest BCUT2D eigenvalue weighted by Crippen LogP contribution is 2.29. The van der Waals surface area contributed by atoms with Crippen LogP contribution in [-0.4, -0.2) is 50.3 Å². The van der Waals surface area contributed by atoms with Gasteiger partial charge < -0.3 is 9.64 Å². The molecule has 2 aromatic carbocycles. The topological polar surface area (TPSA) is 46.9 Å². The third-order valence-electron chi connectivity index (χ3n) is 5.14. The van der Waals surface area contributed by atoms with Gasteiger partial charge in [-0.2, -0.15) is 0 Å². The van der Waals surface area contributed by atoms with Crippen molar-refractivity contribution in [3.8, 4) is 0 Å². The first-order valence-corrected chi connectivity index (χ1v) is 10.7. The first-order chi connectivity index (χ1) is 13.7. The van der Waals surface area contributed by atoms with E-state index in [0.29, 0.717) is 6.54 Å². The zero-order valence-corrected chi connectivity index (χ0v) is 17.0. The molecule has 28 heavy (non-hydrogen) atoms. The molecule has 146 valence electrons. The Balaban J connectivity index is 1.55. The number of para-hydroxylation sites is 1. The molecule has 1 aliphatic heterocycles. The molecule has 1 aromatic heterocycles. The summed E-state index contributed by atoms with van der Waals surface area (Å²) >= 11 is 1.59. The Morgan fingerprint density at radius 1 is 1.18 bits per heavy atom. The SMILES string of the molecule is Cc1cccc(C(=O)N(CCC[NH+]2CCOCC2)c2nc3ccccc3s2)c1. The highest BCUT2D eigenvalue weighted by atomic mass is 32.1. The molecule has 1 N–H and O–H groups in total. The Labute approximate surface area is 169 Å². The molecule has 0 unspecified atom stereocenters. The van der Waals surface area contributed by atoms with Crippen LogP contribution < -0.4 is 9.80 Å². The van der Waals surface area contributed by atoms with Gasteiger partial charge in [0.05, 0.1) is 30.0 Å². The van der Waals surface area contributed by atoms with E-state index in [9.17, 15) is 4.79 Å². The number of hydrogen-bond acceptors (Lipinski definition) is 4. The average molecular weight is 397 g/mol. The molecule has 4 rings (SSSR count). The molecule has 1 saturated heterocycles. The fraction of sp³-hybridized carbons (Fsp3) is 0.364. The number of amides is 1. The minimum atomic E-state index is 0.0275. The molecule has 3 aromatic rings. The quantitative estimate of drug-likeness (QED) is 0.697. The van der Waals surface area contributed by atoms with E-state index in [0.717, 1.165) is 65.7 Å². The zero-order chi connectivity index (χ0) is 19.3. The van der Waals surface area contributed by atoms with Crippen LogP contribution in [0.2, 0.25) is 0 Å². The van der Waals surface area contributed by atoms with Crippen molar-refractivity contribution in [3.63, 3.8) is 0 Å². The van der Waals surface area contributed by atoms with Crippen molar-refractivity contribution < 1.29 is 14.4 Å². The third-order valence-corrected chi connectivity index (χ3v) is 6.20. The van der Waals surface area contributed by atoms with Gasteiger partial charge in [0.15, 0.2) is 5.13 Å². The second-order valence-corrected chi connectivity index (χ2v) is 8.27. The average Bonchev–Trinajstić information content (AvgIpc) is 3.15. The van der Waals surface area contributed by atoms with Crippen LogP contribution >= 0.6 is 11.3 Å². The van der Waals surface area contributed by atoms with Crippen molar-refractivity contribution in [3.05, 3.63) is 59.7 Å². The number of benzene rings is 2. The van der Waals surface area contributed by atoms with Crippen LogP contribution in [0.15, 0.2) is 48.5 Å². The van der Waals surface area contributed by atoms with Gasteiger partial charge in [0, 0.05) is 18.5 Å². The van der Waals surface area contributed by atoms with Crippen LogP contribution in [0.4, 0.5) is 5.13 Å². The second kappa shape index (κ2) is 8.82. The van der Waals surface area contributed by atoms with E-state index >= 15 is 0 Å². The number of carbonyl (C=O) groups excluding carboxylic acids is 1. The molecule has 0 bridgehead atoms. The lowest BCUT2D eigenvalue weighted by Gasteiger charge is -2.25. The van der Waals surface area contributed by atoms with Crippen molar-refractivity contribution in [2.45, 2.75) is 13.3 Å². The number of thiazole rings is 1. The van der Waals surface area contributed by atoms with E-state index in [1.807, 2.05) is 54.3 Å². The number of nitrogens with one attached hydrogen (secondary N) is 1. The van der Waals surface area contributed by atoms with E-state index in [1.54, 1.807) is 16.2 Å². The smallest absolute Gasteiger partial charge is 0.260 e. The van der Waals surface area contributed by atoms with Crippen LogP contribution in [0.1, 0.15) is 22.3 Å². The van der Waals surface area contributed by atoms with Crippen molar-refractivity contribution in [2.75, 3.05) is 44.3 Å². The summed E-state index contributed by atoms with van der Waals surface area (Å²) in [6.07, 6.45) is 0.947. The number of morpholine rings is 1. The summed E-state index contributed by atoms with van der Waals surface area (Å²) in [4.78, 5) is 21.5. The Morgan fingerprint density at radius 2 is 2.00 bits per heavy atom.